The minimum absolute atomic E-state index is 0.0249. The molecular weight excluding hydrogens is 411 g/mol. The highest BCUT2D eigenvalue weighted by atomic mass is 35.5. The molecule has 1 amide bonds. The molecule has 0 atom stereocenters. The van der Waals surface area contributed by atoms with Crippen LogP contribution < -0.4 is 14.8 Å². The molecule has 29 heavy (non-hydrogen) atoms. The van der Waals surface area contributed by atoms with E-state index in [-0.39, 0.29) is 29.7 Å². The number of rotatable bonds is 7. The minimum atomic E-state index is -0.0687. The van der Waals surface area contributed by atoms with Crippen molar-refractivity contribution >= 4 is 29.1 Å². The van der Waals surface area contributed by atoms with E-state index in [1.54, 1.807) is 24.3 Å². The molecule has 3 saturated carbocycles. The highest BCUT2D eigenvalue weighted by Crippen LogP contribution is 2.64. The van der Waals surface area contributed by atoms with E-state index in [1.807, 2.05) is 24.3 Å². The first-order valence-corrected chi connectivity index (χ1v) is 10.6. The largest absolute Gasteiger partial charge is 0.488 e. The molecule has 152 valence electrons. The first-order chi connectivity index (χ1) is 13.9. The number of benzene rings is 2. The van der Waals surface area contributed by atoms with E-state index < -0.39 is 0 Å². The molecule has 2 aromatic rings. The molecule has 1 heterocycles. The van der Waals surface area contributed by atoms with Gasteiger partial charge < -0.3 is 14.8 Å². The smallest absolute Gasteiger partial charge is 0.258 e. The third-order valence-corrected chi connectivity index (χ3v) is 6.73. The van der Waals surface area contributed by atoms with Gasteiger partial charge in [-0.1, -0.05) is 23.2 Å². The summed E-state index contributed by atoms with van der Waals surface area (Å²) in [7, 11) is 0. The van der Waals surface area contributed by atoms with Gasteiger partial charge in [0.1, 0.15) is 17.6 Å². The second kappa shape index (κ2) is 7.08. The van der Waals surface area contributed by atoms with Crippen molar-refractivity contribution in [1.82, 2.24) is 10.2 Å². The van der Waals surface area contributed by atoms with Crippen molar-refractivity contribution in [2.75, 3.05) is 19.7 Å². The molecule has 2 bridgehead atoms. The van der Waals surface area contributed by atoms with Crippen molar-refractivity contribution in [3.63, 3.8) is 0 Å². The summed E-state index contributed by atoms with van der Waals surface area (Å²) in [5.41, 5.74) is 0.215. The first-order valence-electron chi connectivity index (χ1n) is 9.80. The Bertz CT molecular complexity index is 891. The number of ether oxygens (including phenoxy) is 2. The Morgan fingerprint density at radius 2 is 1.52 bits per heavy atom. The second-order valence-corrected chi connectivity index (χ2v) is 9.30. The SMILES string of the molecule is O=C(COc1ccc(Cl)cc1)NC12CC(N3CC(Oc4ccc(Cl)cc4)C3)(C1)C2. The number of halogens is 2. The molecular formula is C22H22Cl2N2O3. The summed E-state index contributed by atoms with van der Waals surface area (Å²) in [6.45, 7) is 1.90. The van der Waals surface area contributed by atoms with Crippen molar-refractivity contribution in [1.29, 1.82) is 0 Å². The van der Waals surface area contributed by atoms with Gasteiger partial charge in [0.2, 0.25) is 0 Å². The molecule has 6 rings (SSSR count). The summed E-state index contributed by atoms with van der Waals surface area (Å²) in [4.78, 5) is 14.7. The number of carbonyl (C=O) groups excluding carboxylic acids is 1. The van der Waals surface area contributed by atoms with Crippen LogP contribution in [0.1, 0.15) is 19.3 Å². The Labute approximate surface area is 179 Å². The van der Waals surface area contributed by atoms with Gasteiger partial charge in [-0.05, 0) is 67.8 Å². The number of nitrogens with one attached hydrogen (secondary N) is 1. The zero-order valence-corrected chi connectivity index (χ0v) is 17.4. The van der Waals surface area contributed by atoms with Crippen molar-refractivity contribution < 1.29 is 14.3 Å². The Morgan fingerprint density at radius 1 is 0.966 bits per heavy atom. The molecule has 1 N–H and O–H groups in total. The summed E-state index contributed by atoms with van der Waals surface area (Å²) in [6, 6.07) is 14.5. The maximum atomic E-state index is 12.2. The van der Waals surface area contributed by atoms with E-state index in [2.05, 4.69) is 10.2 Å². The van der Waals surface area contributed by atoms with Gasteiger partial charge in [0.25, 0.3) is 5.91 Å². The summed E-state index contributed by atoms with van der Waals surface area (Å²) in [5, 5.41) is 4.53. The van der Waals surface area contributed by atoms with Gasteiger partial charge in [0.15, 0.2) is 6.61 Å². The Balaban J connectivity index is 1.03. The van der Waals surface area contributed by atoms with E-state index in [4.69, 9.17) is 32.7 Å². The molecule has 1 aliphatic heterocycles. The number of nitrogens with zero attached hydrogens (tertiary/aromatic N) is 1. The fraction of sp³-hybridized carbons (Fsp3) is 0.409. The monoisotopic (exact) mass is 432 g/mol. The highest BCUT2D eigenvalue weighted by molar-refractivity contribution is 6.30. The second-order valence-electron chi connectivity index (χ2n) is 8.42. The molecule has 2 aromatic carbocycles. The van der Waals surface area contributed by atoms with Crippen LogP contribution in [0.15, 0.2) is 48.5 Å². The van der Waals surface area contributed by atoms with Gasteiger partial charge in [-0.15, -0.1) is 0 Å². The number of hydrogen-bond acceptors (Lipinski definition) is 4. The number of likely N-dealkylation sites (tertiary alicyclic amines) is 1. The minimum Gasteiger partial charge on any atom is -0.488 e. The predicted molar refractivity (Wildman–Crippen MR) is 112 cm³/mol. The fourth-order valence-corrected chi connectivity index (χ4v) is 5.07. The molecule has 0 radical (unpaired) electrons. The van der Waals surface area contributed by atoms with Gasteiger partial charge >= 0.3 is 0 Å². The topological polar surface area (TPSA) is 50.8 Å². The van der Waals surface area contributed by atoms with Crippen LogP contribution in [0.25, 0.3) is 0 Å². The predicted octanol–water partition coefficient (Wildman–Crippen LogP) is 3.93. The van der Waals surface area contributed by atoms with Crippen LogP contribution in [0.3, 0.4) is 0 Å². The van der Waals surface area contributed by atoms with Crippen molar-refractivity contribution in [3.05, 3.63) is 58.6 Å². The molecule has 3 aliphatic carbocycles. The average Bonchev–Trinajstić information content (AvgIpc) is 2.61. The Morgan fingerprint density at radius 3 is 2.10 bits per heavy atom. The van der Waals surface area contributed by atoms with Crippen LogP contribution in [0.5, 0.6) is 11.5 Å². The van der Waals surface area contributed by atoms with Gasteiger partial charge in [0, 0.05) is 34.2 Å². The summed E-state index contributed by atoms with van der Waals surface area (Å²) in [6.07, 6.45) is 3.27. The van der Waals surface area contributed by atoms with Crippen LogP contribution in [0.2, 0.25) is 10.0 Å². The number of amides is 1. The third kappa shape index (κ3) is 3.67. The average molecular weight is 433 g/mol. The highest BCUT2D eigenvalue weighted by Gasteiger charge is 2.72. The van der Waals surface area contributed by atoms with Gasteiger partial charge in [-0.2, -0.15) is 0 Å². The van der Waals surface area contributed by atoms with Crippen molar-refractivity contribution in [3.8, 4) is 11.5 Å². The fourth-order valence-electron chi connectivity index (χ4n) is 4.82. The van der Waals surface area contributed by atoms with E-state index >= 15 is 0 Å². The molecule has 4 fully saturated rings. The Hall–Kier alpha value is -1.95. The summed E-state index contributed by atoms with van der Waals surface area (Å²) >= 11 is 11.8. The maximum Gasteiger partial charge on any atom is 0.258 e. The quantitative estimate of drug-likeness (QED) is 0.719. The van der Waals surface area contributed by atoms with Gasteiger partial charge in [-0.25, -0.2) is 0 Å². The number of hydrogen-bond donors (Lipinski definition) is 1. The van der Waals surface area contributed by atoms with Crippen LogP contribution >= 0.6 is 23.2 Å². The normalized spacial score (nSPS) is 27.9. The van der Waals surface area contributed by atoms with Crippen LogP contribution in [-0.2, 0) is 4.79 Å². The number of carbonyl (C=O) groups is 1. The maximum absolute atomic E-state index is 12.2. The van der Waals surface area contributed by atoms with Crippen LogP contribution in [-0.4, -0.2) is 47.7 Å². The Kier molecular flexibility index (Phi) is 4.65. The standard InChI is InChI=1S/C22H22Cl2N2O3/c23-15-1-5-17(6-2-15)28-11-20(27)25-21-12-22(13-21,14-21)26-9-19(10-26)29-18-7-3-16(24)4-8-18/h1-8,19H,9-14H2,(H,25,27). The van der Waals surface area contributed by atoms with Crippen molar-refractivity contribution in [2.45, 2.75) is 36.4 Å². The van der Waals surface area contributed by atoms with Gasteiger partial charge in [-0.3, -0.25) is 9.69 Å². The first kappa shape index (κ1) is 19.0. The van der Waals surface area contributed by atoms with Crippen LogP contribution in [0.4, 0.5) is 0 Å². The van der Waals surface area contributed by atoms with Crippen molar-refractivity contribution in [2.24, 2.45) is 0 Å². The lowest BCUT2D eigenvalue weighted by Crippen LogP contribution is -2.86. The summed E-state index contributed by atoms with van der Waals surface area (Å²) in [5.74, 6) is 1.44. The summed E-state index contributed by atoms with van der Waals surface area (Å²) < 4.78 is 11.5. The lowest BCUT2D eigenvalue weighted by atomic mass is 9.43. The van der Waals surface area contributed by atoms with Crippen LogP contribution in [0, 0.1) is 0 Å². The van der Waals surface area contributed by atoms with E-state index in [0.29, 0.717) is 15.8 Å². The molecule has 0 spiro atoms. The lowest BCUT2D eigenvalue weighted by molar-refractivity contribution is -0.217. The molecule has 4 aliphatic rings. The van der Waals surface area contributed by atoms with Gasteiger partial charge in [0.05, 0.1) is 0 Å². The molecule has 0 aromatic heterocycles. The zero-order chi connectivity index (χ0) is 20.1. The van der Waals surface area contributed by atoms with E-state index in [9.17, 15) is 4.79 Å². The molecule has 5 nitrogen and oxygen atoms in total. The molecule has 1 saturated heterocycles. The van der Waals surface area contributed by atoms with E-state index in [1.165, 1.54) is 0 Å². The zero-order valence-electron chi connectivity index (χ0n) is 15.9. The van der Waals surface area contributed by atoms with E-state index in [0.717, 1.165) is 38.1 Å². The molecule has 0 unspecified atom stereocenters. The third-order valence-electron chi connectivity index (χ3n) is 6.23. The lowest BCUT2D eigenvalue weighted by Gasteiger charge is -2.75. The molecule has 7 heteroatoms.